The molecule has 7 nitrogen and oxygen atoms in total. The van der Waals surface area contributed by atoms with Crippen molar-refractivity contribution in [3.63, 3.8) is 0 Å². The number of pyridine rings is 1. The quantitative estimate of drug-likeness (QED) is 0.794. The predicted molar refractivity (Wildman–Crippen MR) is 71.7 cm³/mol. The number of nitrogens with zero attached hydrogens (tertiary/aromatic N) is 3. The van der Waals surface area contributed by atoms with E-state index < -0.39 is 5.97 Å². The average molecular weight is 276 g/mol. The lowest BCUT2D eigenvalue weighted by atomic mass is 10.1. The maximum Gasteiger partial charge on any atom is 0.335 e. The van der Waals surface area contributed by atoms with Crippen LogP contribution in [-0.4, -0.2) is 32.7 Å². The zero-order valence-electron chi connectivity index (χ0n) is 11.2. The van der Waals surface area contributed by atoms with Crippen molar-refractivity contribution in [2.45, 2.75) is 26.2 Å². The van der Waals surface area contributed by atoms with E-state index in [1.54, 1.807) is 6.07 Å². The van der Waals surface area contributed by atoms with Gasteiger partial charge in [-0.25, -0.2) is 9.78 Å². The molecule has 0 saturated carbocycles. The van der Waals surface area contributed by atoms with E-state index in [0.29, 0.717) is 24.6 Å². The van der Waals surface area contributed by atoms with Gasteiger partial charge in [0.1, 0.15) is 5.82 Å². The molecule has 0 aromatic carbocycles. The van der Waals surface area contributed by atoms with Crippen molar-refractivity contribution in [1.82, 2.24) is 15.1 Å². The molecule has 2 aromatic heterocycles. The summed E-state index contributed by atoms with van der Waals surface area (Å²) < 4.78 is 4.64. The van der Waals surface area contributed by atoms with Crippen LogP contribution in [0.25, 0.3) is 0 Å². The number of hydrogen-bond donors (Lipinski definition) is 2. The highest BCUT2D eigenvalue weighted by molar-refractivity contribution is 5.88. The summed E-state index contributed by atoms with van der Waals surface area (Å²) in [7, 11) is 0. The molecule has 0 aliphatic rings. The number of carboxylic acid groups (broad SMARTS) is 1. The Hall–Kier alpha value is -2.44. The van der Waals surface area contributed by atoms with Crippen molar-refractivity contribution < 1.29 is 14.4 Å². The molecule has 0 atom stereocenters. The van der Waals surface area contributed by atoms with Gasteiger partial charge >= 0.3 is 5.97 Å². The third-order valence-corrected chi connectivity index (χ3v) is 2.69. The predicted octanol–water partition coefficient (Wildman–Crippen LogP) is 1.77. The third-order valence-electron chi connectivity index (χ3n) is 2.69. The standard InChI is InChI=1S/C13H16N4O3/c1-2-3-10-6-9(13(18)19)7-12(16-10)14-5-4-11-15-8-20-17-11/h6-8H,2-5H2,1H3,(H,14,16)(H,18,19). The number of aromatic carboxylic acids is 1. The minimum atomic E-state index is -0.953. The van der Waals surface area contributed by atoms with Crippen LogP contribution in [0.3, 0.4) is 0 Å². The van der Waals surface area contributed by atoms with E-state index in [2.05, 4.69) is 25.0 Å². The SMILES string of the molecule is CCCc1cc(C(=O)O)cc(NCCc2ncon2)n1. The number of carbonyl (C=O) groups is 1. The van der Waals surface area contributed by atoms with Gasteiger partial charge in [0.2, 0.25) is 6.39 Å². The third kappa shape index (κ3) is 3.78. The van der Waals surface area contributed by atoms with Crippen molar-refractivity contribution in [3.8, 4) is 0 Å². The summed E-state index contributed by atoms with van der Waals surface area (Å²) in [5.41, 5.74) is 1.01. The topological polar surface area (TPSA) is 101 Å². The van der Waals surface area contributed by atoms with Gasteiger partial charge in [-0.15, -0.1) is 0 Å². The molecule has 0 bridgehead atoms. The summed E-state index contributed by atoms with van der Waals surface area (Å²) in [5, 5.41) is 15.9. The lowest BCUT2D eigenvalue weighted by Crippen LogP contribution is -2.10. The van der Waals surface area contributed by atoms with Gasteiger partial charge < -0.3 is 14.9 Å². The van der Waals surface area contributed by atoms with Crippen LogP contribution in [0.2, 0.25) is 0 Å². The Morgan fingerprint density at radius 1 is 1.40 bits per heavy atom. The molecule has 0 aliphatic carbocycles. The molecule has 0 radical (unpaired) electrons. The largest absolute Gasteiger partial charge is 0.478 e. The first kappa shape index (κ1) is 14.0. The van der Waals surface area contributed by atoms with Crippen molar-refractivity contribution in [1.29, 1.82) is 0 Å². The van der Waals surface area contributed by atoms with Crippen LogP contribution in [0.1, 0.15) is 35.2 Å². The highest BCUT2D eigenvalue weighted by Crippen LogP contribution is 2.12. The molecule has 2 N–H and O–H groups in total. The van der Waals surface area contributed by atoms with Crippen LogP contribution in [0.5, 0.6) is 0 Å². The molecule has 7 heteroatoms. The van der Waals surface area contributed by atoms with Crippen LogP contribution in [-0.2, 0) is 12.8 Å². The molecule has 2 rings (SSSR count). The fourth-order valence-corrected chi connectivity index (χ4v) is 1.79. The van der Waals surface area contributed by atoms with Gasteiger partial charge in [-0.3, -0.25) is 0 Å². The summed E-state index contributed by atoms with van der Waals surface area (Å²) >= 11 is 0. The molecule has 2 aromatic rings. The van der Waals surface area contributed by atoms with E-state index in [9.17, 15) is 4.79 Å². The Kier molecular flexibility index (Phi) is 4.65. The number of carboxylic acids is 1. The van der Waals surface area contributed by atoms with Gasteiger partial charge in [0, 0.05) is 18.7 Å². The van der Waals surface area contributed by atoms with E-state index in [1.165, 1.54) is 12.5 Å². The van der Waals surface area contributed by atoms with Gasteiger partial charge in [-0.2, -0.15) is 4.98 Å². The molecule has 20 heavy (non-hydrogen) atoms. The molecule has 0 unspecified atom stereocenters. The van der Waals surface area contributed by atoms with Crippen LogP contribution < -0.4 is 5.32 Å². The monoisotopic (exact) mass is 276 g/mol. The van der Waals surface area contributed by atoms with Gasteiger partial charge in [-0.1, -0.05) is 18.5 Å². The number of anilines is 1. The summed E-state index contributed by atoms with van der Waals surface area (Å²) in [6.07, 6.45) is 3.52. The van der Waals surface area contributed by atoms with Crippen LogP contribution in [0.4, 0.5) is 5.82 Å². The number of nitrogens with one attached hydrogen (secondary N) is 1. The molecule has 0 aliphatic heterocycles. The van der Waals surface area contributed by atoms with Gasteiger partial charge in [-0.05, 0) is 18.6 Å². The second-order valence-corrected chi connectivity index (χ2v) is 4.31. The summed E-state index contributed by atoms with van der Waals surface area (Å²) in [4.78, 5) is 19.4. The van der Waals surface area contributed by atoms with Crippen molar-refractivity contribution >= 4 is 11.8 Å². The van der Waals surface area contributed by atoms with E-state index >= 15 is 0 Å². The first-order valence-electron chi connectivity index (χ1n) is 6.42. The molecule has 0 fully saturated rings. The summed E-state index contributed by atoms with van der Waals surface area (Å²) in [6, 6.07) is 3.13. The first-order valence-corrected chi connectivity index (χ1v) is 6.42. The number of aromatic nitrogens is 3. The van der Waals surface area contributed by atoms with E-state index in [0.717, 1.165) is 18.5 Å². The average Bonchev–Trinajstić information content (AvgIpc) is 2.92. The molecule has 0 saturated heterocycles. The minimum Gasteiger partial charge on any atom is -0.478 e. The van der Waals surface area contributed by atoms with Gasteiger partial charge in [0.25, 0.3) is 0 Å². The normalized spacial score (nSPS) is 10.4. The van der Waals surface area contributed by atoms with E-state index in [4.69, 9.17) is 5.11 Å². The highest BCUT2D eigenvalue weighted by Gasteiger charge is 2.08. The van der Waals surface area contributed by atoms with E-state index in [1.807, 2.05) is 6.92 Å². The van der Waals surface area contributed by atoms with Crippen LogP contribution in [0, 0.1) is 0 Å². The van der Waals surface area contributed by atoms with Crippen LogP contribution in [0.15, 0.2) is 23.0 Å². The molecular weight excluding hydrogens is 260 g/mol. The molecule has 0 amide bonds. The molecule has 0 spiro atoms. The van der Waals surface area contributed by atoms with Crippen LogP contribution >= 0.6 is 0 Å². The second kappa shape index (κ2) is 6.65. The highest BCUT2D eigenvalue weighted by atomic mass is 16.5. The zero-order chi connectivity index (χ0) is 14.4. The van der Waals surface area contributed by atoms with Crippen molar-refractivity contribution in [3.05, 3.63) is 35.6 Å². The Labute approximate surface area is 116 Å². The number of rotatable bonds is 7. The fraction of sp³-hybridized carbons (Fsp3) is 0.385. The molecule has 106 valence electrons. The Morgan fingerprint density at radius 2 is 2.25 bits per heavy atom. The molecule has 2 heterocycles. The lowest BCUT2D eigenvalue weighted by Gasteiger charge is -2.08. The minimum absolute atomic E-state index is 0.241. The van der Waals surface area contributed by atoms with Crippen molar-refractivity contribution in [2.24, 2.45) is 0 Å². The molecular formula is C13H16N4O3. The maximum atomic E-state index is 11.1. The maximum absolute atomic E-state index is 11.1. The number of hydrogen-bond acceptors (Lipinski definition) is 6. The fourth-order valence-electron chi connectivity index (χ4n) is 1.79. The smallest absolute Gasteiger partial charge is 0.335 e. The van der Waals surface area contributed by atoms with Gasteiger partial charge in [0.05, 0.1) is 5.56 Å². The number of aryl methyl sites for hydroxylation is 1. The van der Waals surface area contributed by atoms with Crippen molar-refractivity contribution in [2.75, 3.05) is 11.9 Å². The second-order valence-electron chi connectivity index (χ2n) is 4.31. The van der Waals surface area contributed by atoms with Gasteiger partial charge in [0.15, 0.2) is 5.82 Å². The summed E-state index contributed by atoms with van der Waals surface area (Å²) in [5.74, 6) is 0.198. The Bertz CT molecular complexity index is 569. The van der Waals surface area contributed by atoms with E-state index in [-0.39, 0.29) is 5.56 Å². The zero-order valence-corrected chi connectivity index (χ0v) is 11.2. The first-order chi connectivity index (χ1) is 9.69. The Morgan fingerprint density at radius 3 is 2.90 bits per heavy atom. The Balaban J connectivity index is 2.03. The summed E-state index contributed by atoms with van der Waals surface area (Å²) in [6.45, 7) is 2.58. The lowest BCUT2D eigenvalue weighted by molar-refractivity contribution is 0.0696.